The van der Waals surface area contributed by atoms with Gasteiger partial charge >= 0.3 is 6.09 Å². The van der Waals surface area contributed by atoms with E-state index in [0.29, 0.717) is 18.5 Å². The number of ether oxygens (including phenoxy) is 1. The van der Waals surface area contributed by atoms with Crippen molar-refractivity contribution in [2.75, 3.05) is 6.54 Å². The molecule has 9 heteroatoms. The number of hydrogen-bond acceptors (Lipinski definition) is 6. The zero-order chi connectivity index (χ0) is 32.8. The zero-order valence-electron chi connectivity index (χ0n) is 27.5. The van der Waals surface area contributed by atoms with Crippen LogP contribution in [0.25, 0.3) is 0 Å². The van der Waals surface area contributed by atoms with Gasteiger partial charge in [0.15, 0.2) is 0 Å². The summed E-state index contributed by atoms with van der Waals surface area (Å²) in [5.41, 5.74) is 0.540. The van der Waals surface area contributed by atoms with Crippen molar-refractivity contribution in [2.45, 2.75) is 128 Å². The Morgan fingerprint density at radius 3 is 2.04 bits per heavy atom. The van der Waals surface area contributed by atoms with Gasteiger partial charge in [-0.05, 0) is 75.4 Å². The molecule has 3 rings (SSSR count). The second-order valence-corrected chi connectivity index (χ2v) is 13.2. The molecule has 0 radical (unpaired) electrons. The molecule has 2 aromatic rings. The van der Waals surface area contributed by atoms with Crippen LogP contribution in [0.5, 0.6) is 11.5 Å². The summed E-state index contributed by atoms with van der Waals surface area (Å²) in [7, 11) is 0. The minimum absolute atomic E-state index is 0.0320. The Morgan fingerprint density at radius 2 is 1.44 bits per heavy atom. The van der Waals surface area contributed by atoms with E-state index < -0.39 is 29.7 Å². The largest absolute Gasteiger partial charge is 0.508 e. The van der Waals surface area contributed by atoms with Gasteiger partial charge in [-0.3, -0.25) is 9.59 Å². The van der Waals surface area contributed by atoms with Gasteiger partial charge in [0.05, 0.1) is 0 Å². The summed E-state index contributed by atoms with van der Waals surface area (Å²) < 4.78 is 5.53. The van der Waals surface area contributed by atoms with Crippen LogP contribution in [0, 0.1) is 0 Å². The summed E-state index contributed by atoms with van der Waals surface area (Å²) in [5.74, 6) is -0.513. The SMILES string of the molecule is CCCCCCCCN(C(=O)C(Cc1ccc(O)cc1)NC(=O)OC(C)(C)C)C(C(=O)NC1CCCCC1)c1ccc(O)cc1. The van der Waals surface area contributed by atoms with E-state index >= 15 is 0 Å². The summed E-state index contributed by atoms with van der Waals surface area (Å²) in [4.78, 5) is 43.4. The van der Waals surface area contributed by atoms with Crippen LogP contribution >= 0.6 is 0 Å². The second kappa shape index (κ2) is 17.7. The standard InChI is InChI=1S/C36H53N3O6/c1-5-6-7-8-9-13-24-39(32(27-18-22-30(41)23-19-27)33(42)37-28-14-11-10-12-15-28)34(43)31(38-35(44)45-36(2,3)4)25-26-16-20-29(40)21-17-26/h16-23,28,31-32,40-41H,5-15,24-25H2,1-4H3,(H,37,42)(H,38,44). The molecular formula is C36H53N3O6. The molecule has 45 heavy (non-hydrogen) atoms. The number of amides is 3. The molecule has 1 saturated carbocycles. The van der Waals surface area contributed by atoms with Crippen LogP contribution in [-0.2, 0) is 20.7 Å². The van der Waals surface area contributed by atoms with Crippen LogP contribution in [0.2, 0.25) is 0 Å². The molecule has 2 unspecified atom stereocenters. The van der Waals surface area contributed by atoms with E-state index in [2.05, 4.69) is 17.6 Å². The second-order valence-electron chi connectivity index (χ2n) is 13.2. The topological polar surface area (TPSA) is 128 Å². The maximum Gasteiger partial charge on any atom is 0.408 e. The first-order valence-electron chi connectivity index (χ1n) is 16.6. The van der Waals surface area contributed by atoms with Crippen molar-refractivity contribution < 1.29 is 29.3 Å². The summed E-state index contributed by atoms with van der Waals surface area (Å²) in [5, 5.41) is 25.9. The molecule has 248 valence electrons. The van der Waals surface area contributed by atoms with Crippen molar-refractivity contribution in [1.82, 2.24) is 15.5 Å². The van der Waals surface area contributed by atoms with E-state index in [1.807, 2.05) is 0 Å². The van der Waals surface area contributed by atoms with Gasteiger partial charge in [-0.15, -0.1) is 0 Å². The molecule has 0 bridgehead atoms. The van der Waals surface area contributed by atoms with Crippen molar-refractivity contribution in [1.29, 1.82) is 0 Å². The summed E-state index contributed by atoms with van der Waals surface area (Å²) in [6.45, 7) is 7.75. The van der Waals surface area contributed by atoms with Crippen LogP contribution in [-0.4, -0.2) is 57.3 Å². The third-order valence-corrected chi connectivity index (χ3v) is 8.12. The van der Waals surface area contributed by atoms with Crippen molar-refractivity contribution >= 4 is 17.9 Å². The number of aromatic hydroxyl groups is 2. The molecule has 9 nitrogen and oxygen atoms in total. The van der Waals surface area contributed by atoms with Gasteiger partial charge in [-0.1, -0.05) is 82.6 Å². The highest BCUT2D eigenvalue weighted by atomic mass is 16.6. The normalized spacial score (nSPS) is 15.1. The Labute approximate surface area is 268 Å². The van der Waals surface area contributed by atoms with E-state index in [9.17, 15) is 24.6 Å². The number of carbonyl (C=O) groups is 3. The number of benzene rings is 2. The molecule has 0 aliphatic heterocycles. The molecule has 0 saturated heterocycles. The fraction of sp³-hybridized carbons (Fsp3) is 0.583. The van der Waals surface area contributed by atoms with E-state index in [0.717, 1.165) is 69.8 Å². The number of rotatable bonds is 15. The lowest BCUT2D eigenvalue weighted by atomic mass is 9.94. The Bertz CT molecular complexity index is 1200. The smallest absolute Gasteiger partial charge is 0.408 e. The Morgan fingerprint density at radius 1 is 0.867 bits per heavy atom. The maximum atomic E-state index is 14.6. The van der Waals surface area contributed by atoms with E-state index in [-0.39, 0.29) is 29.9 Å². The first kappa shape index (κ1) is 35.7. The Balaban J connectivity index is 1.99. The summed E-state index contributed by atoms with van der Waals surface area (Å²) in [6.07, 6.45) is 10.4. The first-order chi connectivity index (χ1) is 21.5. The molecule has 2 atom stereocenters. The zero-order valence-corrected chi connectivity index (χ0v) is 27.5. The minimum atomic E-state index is -1.04. The van der Waals surface area contributed by atoms with Gasteiger partial charge in [0.25, 0.3) is 0 Å². The fourth-order valence-corrected chi connectivity index (χ4v) is 5.80. The molecule has 3 amide bonds. The van der Waals surface area contributed by atoms with E-state index in [1.54, 1.807) is 49.9 Å². The average Bonchev–Trinajstić information content (AvgIpc) is 2.99. The predicted octanol–water partition coefficient (Wildman–Crippen LogP) is 6.91. The Hall–Kier alpha value is -3.75. The minimum Gasteiger partial charge on any atom is -0.508 e. The molecule has 0 heterocycles. The molecule has 1 aliphatic rings. The molecule has 0 spiro atoms. The fourth-order valence-electron chi connectivity index (χ4n) is 5.80. The molecule has 4 N–H and O–H groups in total. The number of carbonyl (C=O) groups excluding carboxylic acids is 3. The molecule has 1 fully saturated rings. The molecule has 0 aromatic heterocycles. The highest BCUT2D eigenvalue weighted by Gasteiger charge is 2.37. The summed E-state index contributed by atoms with van der Waals surface area (Å²) >= 11 is 0. The van der Waals surface area contributed by atoms with Crippen LogP contribution in [0.15, 0.2) is 48.5 Å². The average molecular weight is 624 g/mol. The Kier molecular flexibility index (Phi) is 14.0. The van der Waals surface area contributed by atoms with Gasteiger partial charge in [0, 0.05) is 19.0 Å². The van der Waals surface area contributed by atoms with E-state index in [4.69, 9.17) is 4.74 Å². The van der Waals surface area contributed by atoms with Gasteiger partial charge in [0.1, 0.15) is 29.2 Å². The number of phenolic OH excluding ortho intramolecular Hbond substituents is 2. The lowest BCUT2D eigenvalue weighted by Crippen LogP contribution is -2.54. The maximum absolute atomic E-state index is 14.6. The predicted molar refractivity (Wildman–Crippen MR) is 176 cm³/mol. The van der Waals surface area contributed by atoms with Gasteiger partial charge in [-0.2, -0.15) is 0 Å². The van der Waals surface area contributed by atoms with Crippen molar-refractivity contribution in [3.63, 3.8) is 0 Å². The lowest BCUT2D eigenvalue weighted by Gasteiger charge is -2.36. The van der Waals surface area contributed by atoms with Crippen LogP contribution in [0.4, 0.5) is 4.79 Å². The highest BCUT2D eigenvalue weighted by molar-refractivity contribution is 5.92. The third kappa shape index (κ3) is 12.3. The van der Waals surface area contributed by atoms with Crippen molar-refractivity contribution in [3.8, 4) is 11.5 Å². The number of hydrogen-bond donors (Lipinski definition) is 4. The molecule has 2 aromatic carbocycles. The summed E-state index contributed by atoms with van der Waals surface area (Å²) in [6, 6.07) is 10.9. The highest BCUT2D eigenvalue weighted by Crippen LogP contribution is 2.28. The molecule has 1 aliphatic carbocycles. The van der Waals surface area contributed by atoms with E-state index in [1.165, 1.54) is 24.3 Å². The van der Waals surface area contributed by atoms with Crippen LogP contribution < -0.4 is 10.6 Å². The third-order valence-electron chi connectivity index (χ3n) is 8.12. The number of nitrogens with zero attached hydrogens (tertiary/aromatic N) is 1. The first-order valence-corrected chi connectivity index (χ1v) is 16.6. The van der Waals surface area contributed by atoms with Crippen molar-refractivity contribution in [3.05, 3.63) is 59.7 Å². The van der Waals surface area contributed by atoms with Gasteiger partial charge in [0.2, 0.25) is 11.8 Å². The van der Waals surface area contributed by atoms with Gasteiger partial charge in [-0.25, -0.2) is 4.79 Å². The number of unbranched alkanes of at least 4 members (excludes halogenated alkanes) is 5. The number of alkyl carbamates (subject to hydrolysis) is 1. The van der Waals surface area contributed by atoms with Crippen LogP contribution in [0.3, 0.4) is 0 Å². The number of nitrogens with one attached hydrogen (secondary N) is 2. The number of phenols is 2. The lowest BCUT2D eigenvalue weighted by molar-refractivity contribution is -0.143. The van der Waals surface area contributed by atoms with Crippen molar-refractivity contribution in [2.24, 2.45) is 0 Å². The monoisotopic (exact) mass is 623 g/mol. The molecular weight excluding hydrogens is 570 g/mol. The quantitative estimate of drug-likeness (QED) is 0.160. The van der Waals surface area contributed by atoms with Gasteiger partial charge < -0.3 is 30.5 Å². The van der Waals surface area contributed by atoms with Crippen LogP contribution in [0.1, 0.15) is 115 Å².